The zero-order chi connectivity index (χ0) is 16.4. The lowest BCUT2D eigenvalue weighted by atomic mass is 10.1. The van der Waals surface area contributed by atoms with Gasteiger partial charge in [0.25, 0.3) is 0 Å². The van der Waals surface area contributed by atoms with E-state index in [1.165, 1.54) is 11.8 Å². The highest BCUT2D eigenvalue weighted by molar-refractivity contribution is 8.00. The third-order valence-corrected chi connectivity index (χ3v) is 4.48. The molecule has 22 heavy (non-hydrogen) atoms. The minimum Gasteiger partial charge on any atom is -0.481 e. The number of carboxylic acid groups (broad SMARTS) is 1. The molecule has 1 aromatic rings. The topological polar surface area (TPSA) is 66.4 Å². The minimum absolute atomic E-state index is 0.0190. The van der Waals surface area contributed by atoms with Crippen molar-refractivity contribution in [3.05, 3.63) is 29.3 Å². The molecule has 2 N–H and O–H groups in total. The van der Waals surface area contributed by atoms with Crippen molar-refractivity contribution in [2.75, 3.05) is 6.54 Å². The zero-order valence-electron chi connectivity index (χ0n) is 12.7. The molecule has 0 heterocycles. The van der Waals surface area contributed by atoms with Crippen LogP contribution in [0.15, 0.2) is 29.2 Å². The van der Waals surface area contributed by atoms with Crippen LogP contribution < -0.4 is 5.32 Å². The van der Waals surface area contributed by atoms with E-state index in [9.17, 15) is 9.59 Å². The zero-order valence-corrected chi connectivity index (χ0v) is 14.3. The summed E-state index contributed by atoms with van der Waals surface area (Å²) in [7, 11) is 0. The normalized spacial score (nSPS) is 11.9. The van der Waals surface area contributed by atoms with E-state index in [1.54, 1.807) is 0 Å². The summed E-state index contributed by atoms with van der Waals surface area (Å²) < 4.78 is 0. The largest absolute Gasteiger partial charge is 0.481 e. The fourth-order valence-corrected chi connectivity index (χ4v) is 2.90. The number of hydrogen-bond acceptors (Lipinski definition) is 3. The molecule has 0 aliphatic rings. The van der Waals surface area contributed by atoms with Crippen LogP contribution >= 0.6 is 23.4 Å². The summed E-state index contributed by atoms with van der Waals surface area (Å²) in [5.41, 5.74) is 0. The Kier molecular flexibility index (Phi) is 9.01. The van der Waals surface area contributed by atoms with Gasteiger partial charge in [0.1, 0.15) is 0 Å². The number of rotatable bonds is 10. The summed E-state index contributed by atoms with van der Waals surface area (Å²) in [6.07, 6.45) is 3.63. The molecule has 0 radical (unpaired) electrons. The Bertz CT molecular complexity index is 479. The number of thioether (sulfide) groups is 1. The molecule has 1 atom stereocenters. The summed E-state index contributed by atoms with van der Waals surface area (Å²) in [6.45, 7) is 2.51. The molecule has 122 valence electrons. The molecule has 0 aromatic heterocycles. The van der Waals surface area contributed by atoms with E-state index in [-0.39, 0.29) is 17.6 Å². The van der Waals surface area contributed by atoms with Gasteiger partial charge in [0.2, 0.25) is 5.91 Å². The monoisotopic (exact) mass is 343 g/mol. The average Bonchev–Trinajstić information content (AvgIpc) is 2.48. The SMILES string of the molecule is CC(Sc1ccc(Cl)cc1)C(=O)NCCCCCCC(=O)O. The van der Waals surface area contributed by atoms with Crippen LogP contribution in [0, 0.1) is 0 Å². The molecule has 0 fully saturated rings. The third-order valence-electron chi connectivity index (χ3n) is 3.11. The van der Waals surface area contributed by atoms with Crippen molar-refractivity contribution >= 4 is 35.2 Å². The molecule has 0 aliphatic carbocycles. The number of aliphatic carboxylic acids is 1. The van der Waals surface area contributed by atoms with Crippen LogP contribution in [0.5, 0.6) is 0 Å². The number of carboxylic acids is 1. The van der Waals surface area contributed by atoms with E-state index in [2.05, 4.69) is 5.32 Å². The molecule has 1 rings (SSSR count). The third kappa shape index (κ3) is 8.29. The summed E-state index contributed by atoms with van der Waals surface area (Å²) >= 11 is 7.33. The molecular formula is C16H22ClNO3S. The maximum atomic E-state index is 12.0. The highest BCUT2D eigenvalue weighted by Gasteiger charge is 2.13. The predicted octanol–water partition coefficient (Wildman–Crippen LogP) is 3.97. The van der Waals surface area contributed by atoms with Crippen LogP contribution in [-0.4, -0.2) is 28.8 Å². The van der Waals surface area contributed by atoms with Crippen molar-refractivity contribution in [1.82, 2.24) is 5.32 Å². The van der Waals surface area contributed by atoms with Crippen molar-refractivity contribution in [1.29, 1.82) is 0 Å². The Morgan fingerprint density at radius 1 is 1.18 bits per heavy atom. The lowest BCUT2D eigenvalue weighted by Crippen LogP contribution is -2.31. The van der Waals surface area contributed by atoms with Gasteiger partial charge in [-0.1, -0.05) is 24.4 Å². The fourth-order valence-electron chi connectivity index (χ4n) is 1.88. The Hall–Kier alpha value is -1.20. The van der Waals surface area contributed by atoms with Gasteiger partial charge < -0.3 is 10.4 Å². The first-order valence-electron chi connectivity index (χ1n) is 7.41. The molecular weight excluding hydrogens is 322 g/mol. The van der Waals surface area contributed by atoms with Crippen molar-refractivity contribution in [2.24, 2.45) is 0 Å². The van der Waals surface area contributed by atoms with Crippen LogP contribution in [0.4, 0.5) is 0 Å². The number of nitrogens with one attached hydrogen (secondary N) is 1. The number of carbonyl (C=O) groups excluding carboxylic acids is 1. The number of hydrogen-bond donors (Lipinski definition) is 2. The second kappa shape index (κ2) is 10.5. The maximum Gasteiger partial charge on any atom is 0.303 e. The molecule has 6 heteroatoms. The number of unbranched alkanes of at least 4 members (excludes halogenated alkanes) is 3. The van der Waals surface area contributed by atoms with Crippen LogP contribution in [0.3, 0.4) is 0 Å². The molecule has 0 spiro atoms. The summed E-state index contributed by atoms with van der Waals surface area (Å²) in [6, 6.07) is 7.43. The van der Waals surface area contributed by atoms with Gasteiger partial charge in [0.05, 0.1) is 5.25 Å². The number of amides is 1. The Morgan fingerprint density at radius 3 is 2.45 bits per heavy atom. The molecule has 0 saturated heterocycles. The quantitative estimate of drug-likeness (QED) is 0.498. The van der Waals surface area contributed by atoms with E-state index in [1.807, 2.05) is 31.2 Å². The van der Waals surface area contributed by atoms with Gasteiger partial charge in [-0.2, -0.15) is 0 Å². The van der Waals surface area contributed by atoms with Gasteiger partial charge in [-0.15, -0.1) is 11.8 Å². The molecule has 0 bridgehead atoms. The van der Waals surface area contributed by atoms with Gasteiger partial charge in [-0.25, -0.2) is 0 Å². The van der Waals surface area contributed by atoms with Crippen molar-refractivity contribution in [3.63, 3.8) is 0 Å². The summed E-state index contributed by atoms with van der Waals surface area (Å²) in [5, 5.41) is 12.0. The first kappa shape index (κ1) is 18.8. The second-order valence-corrected chi connectivity index (χ2v) is 6.91. The standard InChI is InChI=1S/C16H22ClNO3S/c1-12(22-14-9-7-13(17)8-10-14)16(21)18-11-5-3-2-4-6-15(19)20/h7-10,12H,2-6,11H2,1H3,(H,18,21)(H,19,20). The molecule has 0 saturated carbocycles. The van der Waals surface area contributed by atoms with Crippen molar-refractivity contribution < 1.29 is 14.7 Å². The highest BCUT2D eigenvalue weighted by Crippen LogP contribution is 2.24. The average molecular weight is 344 g/mol. The predicted molar refractivity (Wildman–Crippen MR) is 90.5 cm³/mol. The fraction of sp³-hybridized carbons (Fsp3) is 0.500. The van der Waals surface area contributed by atoms with Gasteiger partial charge in [0.15, 0.2) is 0 Å². The Morgan fingerprint density at radius 2 is 1.82 bits per heavy atom. The number of benzene rings is 1. The van der Waals surface area contributed by atoms with Gasteiger partial charge in [-0.05, 0) is 44.0 Å². The van der Waals surface area contributed by atoms with Crippen LogP contribution in [0.2, 0.25) is 5.02 Å². The van der Waals surface area contributed by atoms with Crippen LogP contribution in [-0.2, 0) is 9.59 Å². The van der Waals surface area contributed by atoms with Gasteiger partial charge in [0, 0.05) is 22.9 Å². The van der Waals surface area contributed by atoms with E-state index < -0.39 is 5.97 Å². The van der Waals surface area contributed by atoms with E-state index >= 15 is 0 Å². The Labute approximate surface area is 140 Å². The van der Waals surface area contributed by atoms with Crippen molar-refractivity contribution in [3.8, 4) is 0 Å². The smallest absolute Gasteiger partial charge is 0.303 e. The molecule has 1 aromatic carbocycles. The van der Waals surface area contributed by atoms with Gasteiger partial charge >= 0.3 is 5.97 Å². The number of halogens is 1. The minimum atomic E-state index is -0.749. The van der Waals surface area contributed by atoms with Crippen molar-refractivity contribution in [2.45, 2.75) is 49.2 Å². The lowest BCUT2D eigenvalue weighted by molar-refractivity contribution is -0.137. The van der Waals surface area contributed by atoms with Gasteiger partial charge in [-0.3, -0.25) is 9.59 Å². The molecule has 1 amide bonds. The summed E-state index contributed by atoms with van der Waals surface area (Å²) in [4.78, 5) is 23.3. The lowest BCUT2D eigenvalue weighted by Gasteiger charge is -2.12. The van der Waals surface area contributed by atoms with E-state index in [4.69, 9.17) is 16.7 Å². The van der Waals surface area contributed by atoms with Crippen LogP contribution in [0.1, 0.15) is 39.0 Å². The first-order chi connectivity index (χ1) is 10.5. The first-order valence-corrected chi connectivity index (χ1v) is 8.66. The summed E-state index contributed by atoms with van der Waals surface area (Å²) in [5.74, 6) is -0.730. The second-order valence-electron chi connectivity index (χ2n) is 5.06. The van der Waals surface area contributed by atoms with Crippen LogP contribution in [0.25, 0.3) is 0 Å². The maximum absolute atomic E-state index is 12.0. The Balaban J connectivity index is 2.13. The molecule has 1 unspecified atom stereocenters. The molecule has 0 aliphatic heterocycles. The van der Waals surface area contributed by atoms with E-state index in [0.29, 0.717) is 18.0 Å². The number of carbonyl (C=O) groups is 2. The molecule has 4 nitrogen and oxygen atoms in total. The highest BCUT2D eigenvalue weighted by atomic mass is 35.5. The van der Waals surface area contributed by atoms with E-state index in [0.717, 1.165) is 24.2 Å².